The van der Waals surface area contributed by atoms with Crippen LogP contribution in [0.25, 0.3) is 0 Å². The van der Waals surface area contributed by atoms with Gasteiger partial charge in [-0.3, -0.25) is 0 Å². The zero-order valence-electron chi connectivity index (χ0n) is 9.29. The van der Waals surface area contributed by atoms with Crippen molar-refractivity contribution in [3.8, 4) is 11.8 Å². The summed E-state index contributed by atoms with van der Waals surface area (Å²) in [6.07, 6.45) is 0. The van der Waals surface area contributed by atoms with Crippen LogP contribution in [0.1, 0.15) is 11.1 Å². The molecule has 0 unspecified atom stereocenters. The fraction of sp³-hybridized carbons (Fsp3) is 0.250. The van der Waals surface area contributed by atoms with E-state index in [1.807, 2.05) is 13.0 Å². The minimum Gasteiger partial charge on any atom is -0.384 e. The van der Waals surface area contributed by atoms with Crippen LogP contribution in [0.4, 0.5) is 10.5 Å². The summed E-state index contributed by atoms with van der Waals surface area (Å²) in [5, 5.41) is 13.7. The molecule has 0 spiro atoms. The topological polar surface area (TPSA) is 61.4 Å². The first-order chi connectivity index (χ1) is 7.67. The van der Waals surface area contributed by atoms with Crippen molar-refractivity contribution in [2.45, 2.75) is 6.92 Å². The molecule has 0 radical (unpaired) electrons. The Kier molecular flexibility index (Phi) is 4.37. The number of amides is 2. The molecule has 0 heterocycles. The molecule has 0 aromatic heterocycles. The smallest absolute Gasteiger partial charge is 0.318 e. The molecule has 0 saturated carbocycles. The van der Waals surface area contributed by atoms with Crippen molar-refractivity contribution in [1.82, 2.24) is 5.32 Å². The molecule has 0 aliphatic carbocycles. The normalized spacial score (nSPS) is 8.94. The number of hydrogen-bond acceptors (Lipinski definition) is 2. The molecule has 1 rings (SSSR count). The van der Waals surface area contributed by atoms with Gasteiger partial charge in [-0.1, -0.05) is 17.9 Å². The second kappa shape index (κ2) is 5.79. The number of aliphatic hydroxyl groups is 1. The highest BCUT2D eigenvalue weighted by atomic mass is 16.2. The molecule has 0 atom stereocenters. The van der Waals surface area contributed by atoms with Crippen LogP contribution in [0.15, 0.2) is 18.2 Å². The Morgan fingerprint density at radius 2 is 2.25 bits per heavy atom. The van der Waals surface area contributed by atoms with Crippen molar-refractivity contribution < 1.29 is 9.90 Å². The summed E-state index contributed by atoms with van der Waals surface area (Å²) in [4.78, 5) is 11.1. The number of aliphatic hydroxyl groups excluding tert-OH is 1. The Labute approximate surface area is 94.7 Å². The quantitative estimate of drug-likeness (QED) is 0.618. The standard InChI is InChI=1S/C12H14N2O2/c1-9-5-6-11(14-12(16)13-2)8-10(9)4-3-7-15/h5-6,8,15H,7H2,1-2H3,(H2,13,14,16). The molecule has 1 aromatic rings. The van der Waals surface area contributed by atoms with Crippen LogP contribution >= 0.6 is 0 Å². The van der Waals surface area contributed by atoms with E-state index in [4.69, 9.17) is 5.11 Å². The minimum absolute atomic E-state index is 0.174. The van der Waals surface area contributed by atoms with Crippen molar-refractivity contribution in [2.75, 3.05) is 19.0 Å². The highest BCUT2D eigenvalue weighted by molar-refractivity contribution is 5.89. The Bertz CT molecular complexity index is 444. The molecule has 16 heavy (non-hydrogen) atoms. The number of hydrogen-bond donors (Lipinski definition) is 3. The van der Waals surface area contributed by atoms with Gasteiger partial charge in [0.2, 0.25) is 0 Å². The third kappa shape index (κ3) is 3.30. The molecule has 0 fully saturated rings. The lowest BCUT2D eigenvalue weighted by atomic mass is 10.1. The molecule has 0 bridgehead atoms. The molecule has 0 aliphatic heterocycles. The first-order valence-electron chi connectivity index (χ1n) is 4.86. The van der Waals surface area contributed by atoms with Crippen molar-refractivity contribution >= 4 is 11.7 Å². The molecule has 1 aromatic carbocycles. The number of nitrogens with one attached hydrogen (secondary N) is 2. The third-order valence-corrected chi connectivity index (χ3v) is 2.02. The number of aryl methyl sites for hydroxylation is 1. The molecule has 4 heteroatoms. The van der Waals surface area contributed by atoms with E-state index in [1.54, 1.807) is 19.2 Å². The number of anilines is 1. The van der Waals surface area contributed by atoms with E-state index < -0.39 is 0 Å². The van der Waals surface area contributed by atoms with Crippen molar-refractivity contribution in [2.24, 2.45) is 0 Å². The van der Waals surface area contributed by atoms with Crippen LogP contribution in [0.3, 0.4) is 0 Å². The molecule has 3 N–H and O–H groups in total. The van der Waals surface area contributed by atoms with Crippen molar-refractivity contribution in [1.29, 1.82) is 0 Å². The summed E-state index contributed by atoms with van der Waals surface area (Å²) in [7, 11) is 1.55. The molecule has 0 saturated heterocycles. The van der Waals surface area contributed by atoms with Gasteiger partial charge in [0.15, 0.2) is 0 Å². The van der Waals surface area contributed by atoms with Crippen LogP contribution in [-0.4, -0.2) is 24.8 Å². The third-order valence-electron chi connectivity index (χ3n) is 2.02. The Morgan fingerprint density at radius 1 is 1.50 bits per heavy atom. The van der Waals surface area contributed by atoms with E-state index in [0.717, 1.165) is 11.1 Å². The lowest BCUT2D eigenvalue weighted by Gasteiger charge is -2.06. The van der Waals surface area contributed by atoms with E-state index in [-0.39, 0.29) is 12.6 Å². The van der Waals surface area contributed by atoms with Crippen LogP contribution in [0.5, 0.6) is 0 Å². The zero-order valence-corrected chi connectivity index (χ0v) is 9.29. The van der Waals surface area contributed by atoms with Gasteiger partial charge in [0.25, 0.3) is 0 Å². The maximum atomic E-state index is 11.1. The van der Waals surface area contributed by atoms with Crippen molar-refractivity contribution in [3.63, 3.8) is 0 Å². The van der Waals surface area contributed by atoms with Gasteiger partial charge in [0, 0.05) is 18.3 Å². The fourth-order valence-electron chi connectivity index (χ4n) is 1.16. The van der Waals surface area contributed by atoms with Crippen LogP contribution < -0.4 is 10.6 Å². The SMILES string of the molecule is CNC(=O)Nc1ccc(C)c(C#CCO)c1. The monoisotopic (exact) mass is 218 g/mol. The summed E-state index contributed by atoms with van der Waals surface area (Å²) in [5.41, 5.74) is 2.47. The number of carbonyl (C=O) groups is 1. The second-order valence-electron chi connectivity index (χ2n) is 3.19. The van der Waals surface area contributed by atoms with E-state index in [2.05, 4.69) is 22.5 Å². The predicted molar refractivity (Wildman–Crippen MR) is 63.2 cm³/mol. The number of urea groups is 1. The predicted octanol–water partition coefficient (Wildman–Crippen LogP) is 1.09. The largest absolute Gasteiger partial charge is 0.384 e. The van der Waals surface area contributed by atoms with E-state index >= 15 is 0 Å². The van der Waals surface area contributed by atoms with Crippen molar-refractivity contribution in [3.05, 3.63) is 29.3 Å². The van der Waals surface area contributed by atoms with Gasteiger partial charge in [-0.25, -0.2) is 4.79 Å². The zero-order chi connectivity index (χ0) is 12.0. The summed E-state index contributed by atoms with van der Waals surface area (Å²) < 4.78 is 0. The summed E-state index contributed by atoms with van der Waals surface area (Å²) in [5.74, 6) is 5.40. The number of carbonyl (C=O) groups excluding carboxylic acids is 1. The maximum absolute atomic E-state index is 11.1. The summed E-state index contributed by atoms with van der Waals surface area (Å²) in [6, 6.07) is 5.17. The molecular weight excluding hydrogens is 204 g/mol. The lowest BCUT2D eigenvalue weighted by Crippen LogP contribution is -2.24. The molecule has 0 aliphatic rings. The van der Waals surface area contributed by atoms with Crippen LogP contribution in [0.2, 0.25) is 0 Å². The van der Waals surface area contributed by atoms with Gasteiger partial charge in [-0.05, 0) is 24.6 Å². The van der Waals surface area contributed by atoms with E-state index in [9.17, 15) is 4.79 Å². The van der Waals surface area contributed by atoms with Gasteiger partial charge < -0.3 is 15.7 Å². The highest BCUT2D eigenvalue weighted by Gasteiger charge is 2.01. The van der Waals surface area contributed by atoms with Gasteiger partial charge in [-0.2, -0.15) is 0 Å². The van der Waals surface area contributed by atoms with Crippen LogP contribution in [-0.2, 0) is 0 Å². The summed E-state index contributed by atoms with van der Waals surface area (Å²) in [6.45, 7) is 1.75. The van der Waals surface area contributed by atoms with E-state index in [0.29, 0.717) is 5.69 Å². The van der Waals surface area contributed by atoms with Gasteiger partial charge in [0.05, 0.1) is 0 Å². The van der Waals surface area contributed by atoms with E-state index in [1.165, 1.54) is 0 Å². The maximum Gasteiger partial charge on any atom is 0.318 e. The summed E-state index contributed by atoms with van der Waals surface area (Å²) >= 11 is 0. The Hall–Kier alpha value is -1.99. The number of benzene rings is 1. The molecule has 4 nitrogen and oxygen atoms in total. The first-order valence-corrected chi connectivity index (χ1v) is 4.86. The lowest BCUT2D eigenvalue weighted by molar-refractivity contribution is 0.254. The van der Waals surface area contributed by atoms with Gasteiger partial charge in [-0.15, -0.1) is 0 Å². The Morgan fingerprint density at radius 3 is 2.88 bits per heavy atom. The fourth-order valence-corrected chi connectivity index (χ4v) is 1.16. The van der Waals surface area contributed by atoms with Gasteiger partial charge >= 0.3 is 6.03 Å². The van der Waals surface area contributed by atoms with Gasteiger partial charge in [0.1, 0.15) is 6.61 Å². The first kappa shape index (κ1) is 12.1. The molecule has 2 amide bonds. The second-order valence-corrected chi connectivity index (χ2v) is 3.19. The average molecular weight is 218 g/mol. The minimum atomic E-state index is -0.273. The van der Waals surface area contributed by atoms with Crippen LogP contribution in [0, 0.1) is 18.8 Å². The Balaban J connectivity index is 2.93. The number of rotatable bonds is 1. The average Bonchev–Trinajstić information content (AvgIpc) is 2.29. The molecular formula is C12H14N2O2. The molecule has 84 valence electrons. The highest BCUT2D eigenvalue weighted by Crippen LogP contribution is 2.14.